The number of halogens is 1. The number of carbonyl (C=O) groups excluding carboxylic acids is 1. The average Bonchev–Trinajstić information content (AvgIpc) is 3.03. The predicted octanol–water partition coefficient (Wildman–Crippen LogP) is 2.10. The third-order valence-electron chi connectivity index (χ3n) is 3.78. The highest BCUT2D eigenvalue weighted by Gasteiger charge is 2.32. The van der Waals surface area contributed by atoms with E-state index in [4.69, 9.17) is 4.74 Å². The zero-order valence-electron chi connectivity index (χ0n) is 10.6. The molecule has 2 saturated heterocycles. The van der Waals surface area contributed by atoms with Gasteiger partial charge in [0.1, 0.15) is 0 Å². The van der Waals surface area contributed by atoms with Gasteiger partial charge in [-0.25, -0.2) is 0 Å². The van der Waals surface area contributed by atoms with Crippen LogP contribution in [0.2, 0.25) is 0 Å². The molecule has 3 heterocycles. The Kier molecular flexibility index (Phi) is 4.21. The van der Waals surface area contributed by atoms with Gasteiger partial charge in [-0.3, -0.25) is 9.69 Å². The highest BCUT2D eigenvalue weighted by Crippen LogP contribution is 2.23. The number of nitrogens with one attached hydrogen (secondary N) is 1. The van der Waals surface area contributed by atoms with Gasteiger partial charge in [-0.1, -0.05) is 0 Å². The fourth-order valence-electron chi connectivity index (χ4n) is 2.75. The molecule has 19 heavy (non-hydrogen) atoms. The van der Waals surface area contributed by atoms with Crippen molar-refractivity contribution in [1.29, 1.82) is 0 Å². The molecule has 0 aromatic carbocycles. The van der Waals surface area contributed by atoms with Crippen LogP contribution in [0.5, 0.6) is 0 Å². The molecule has 2 unspecified atom stereocenters. The number of thiophene rings is 1. The topological polar surface area (TPSA) is 41.6 Å². The van der Waals surface area contributed by atoms with Gasteiger partial charge in [0.05, 0.1) is 22.1 Å². The molecule has 104 valence electrons. The SMILES string of the molecule is O=C(NCC1CN2CCCC2CO1)c1csc(Br)c1. The zero-order valence-corrected chi connectivity index (χ0v) is 13.0. The normalized spacial score (nSPS) is 27.2. The summed E-state index contributed by atoms with van der Waals surface area (Å²) in [6.45, 7) is 3.52. The van der Waals surface area contributed by atoms with Gasteiger partial charge >= 0.3 is 0 Å². The minimum Gasteiger partial charge on any atom is -0.373 e. The van der Waals surface area contributed by atoms with Gasteiger partial charge in [0.25, 0.3) is 5.91 Å². The number of morpholine rings is 1. The Morgan fingerprint density at radius 2 is 2.53 bits per heavy atom. The smallest absolute Gasteiger partial charge is 0.252 e. The van der Waals surface area contributed by atoms with E-state index in [2.05, 4.69) is 26.1 Å². The van der Waals surface area contributed by atoms with Crippen molar-refractivity contribution in [3.8, 4) is 0 Å². The molecule has 1 aromatic rings. The van der Waals surface area contributed by atoms with E-state index in [1.807, 2.05) is 11.4 Å². The molecule has 0 radical (unpaired) electrons. The Bertz CT molecular complexity index is 465. The lowest BCUT2D eigenvalue weighted by atomic mass is 10.2. The predicted molar refractivity (Wildman–Crippen MR) is 78.7 cm³/mol. The molecule has 2 fully saturated rings. The highest BCUT2D eigenvalue weighted by atomic mass is 79.9. The van der Waals surface area contributed by atoms with Gasteiger partial charge in [-0.05, 0) is 41.4 Å². The van der Waals surface area contributed by atoms with Crippen molar-refractivity contribution in [3.63, 3.8) is 0 Å². The number of nitrogens with zero attached hydrogens (tertiary/aromatic N) is 1. The Labute approximate surface area is 125 Å². The fraction of sp³-hybridized carbons (Fsp3) is 0.615. The number of carbonyl (C=O) groups is 1. The average molecular weight is 345 g/mol. The van der Waals surface area contributed by atoms with Crippen LogP contribution in [0.4, 0.5) is 0 Å². The van der Waals surface area contributed by atoms with Crippen molar-refractivity contribution >= 4 is 33.2 Å². The van der Waals surface area contributed by atoms with Crippen LogP contribution < -0.4 is 5.32 Å². The molecule has 1 amide bonds. The van der Waals surface area contributed by atoms with Crippen molar-refractivity contribution in [2.24, 2.45) is 0 Å². The van der Waals surface area contributed by atoms with Crippen molar-refractivity contribution in [2.45, 2.75) is 25.0 Å². The lowest BCUT2D eigenvalue weighted by Crippen LogP contribution is -2.50. The van der Waals surface area contributed by atoms with Gasteiger partial charge < -0.3 is 10.1 Å². The number of hydrogen-bond donors (Lipinski definition) is 1. The van der Waals surface area contributed by atoms with Crippen LogP contribution in [0.1, 0.15) is 23.2 Å². The van der Waals surface area contributed by atoms with E-state index < -0.39 is 0 Å². The van der Waals surface area contributed by atoms with Gasteiger partial charge in [0, 0.05) is 24.5 Å². The first-order chi connectivity index (χ1) is 9.22. The summed E-state index contributed by atoms with van der Waals surface area (Å²) in [7, 11) is 0. The summed E-state index contributed by atoms with van der Waals surface area (Å²) in [5.41, 5.74) is 0.715. The minimum absolute atomic E-state index is 0.0194. The molecule has 0 aliphatic carbocycles. The van der Waals surface area contributed by atoms with Crippen LogP contribution >= 0.6 is 27.3 Å². The third kappa shape index (κ3) is 3.18. The standard InChI is InChI=1S/C13H17BrN2O2S/c14-12-4-9(8-19-12)13(17)15-5-11-6-16-3-1-2-10(16)7-18-11/h4,8,10-11H,1-3,5-7H2,(H,15,17). The number of fused-ring (bicyclic) bond motifs is 1. The third-order valence-corrected chi connectivity index (χ3v) is 5.29. The molecule has 2 aliphatic heterocycles. The molecule has 3 rings (SSSR count). The lowest BCUT2D eigenvalue weighted by molar-refractivity contribution is -0.0461. The number of rotatable bonds is 3. The largest absolute Gasteiger partial charge is 0.373 e. The number of hydrogen-bond acceptors (Lipinski definition) is 4. The van der Waals surface area contributed by atoms with Crippen molar-refractivity contribution in [2.75, 3.05) is 26.2 Å². The molecule has 0 bridgehead atoms. The van der Waals surface area contributed by atoms with Crippen LogP contribution in [0.3, 0.4) is 0 Å². The van der Waals surface area contributed by atoms with E-state index >= 15 is 0 Å². The summed E-state index contributed by atoms with van der Waals surface area (Å²) in [6, 6.07) is 2.46. The summed E-state index contributed by atoms with van der Waals surface area (Å²) >= 11 is 4.89. The molecule has 6 heteroatoms. The quantitative estimate of drug-likeness (QED) is 0.912. The second kappa shape index (κ2) is 5.91. The zero-order chi connectivity index (χ0) is 13.2. The first-order valence-corrected chi connectivity index (χ1v) is 8.27. The Hall–Kier alpha value is -0.430. The molecule has 1 N–H and O–H groups in total. The maximum atomic E-state index is 11.9. The summed E-state index contributed by atoms with van der Waals surface area (Å²) in [5, 5.41) is 4.82. The first kappa shape index (κ1) is 13.5. The maximum absolute atomic E-state index is 11.9. The molecule has 2 atom stereocenters. The summed E-state index contributed by atoms with van der Waals surface area (Å²) in [6.07, 6.45) is 2.65. The molecule has 4 nitrogen and oxygen atoms in total. The van der Waals surface area contributed by atoms with E-state index in [0.29, 0.717) is 18.2 Å². The van der Waals surface area contributed by atoms with Crippen LogP contribution in [0.25, 0.3) is 0 Å². The fourth-order valence-corrected chi connectivity index (χ4v) is 3.88. The van der Waals surface area contributed by atoms with E-state index in [0.717, 1.165) is 16.9 Å². The Morgan fingerprint density at radius 1 is 1.63 bits per heavy atom. The second-order valence-electron chi connectivity index (χ2n) is 5.10. The van der Waals surface area contributed by atoms with E-state index in [1.165, 1.54) is 30.7 Å². The van der Waals surface area contributed by atoms with Crippen LogP contribution in [0, 0.1) is 0 Å². The van der Waals surface area contributed by atoms with Gasteiger partial charge in [-0.2, -0.15) is 0 Å². The Morgan fingerprint density at radius 3 is 3.32 bits per heavy atom. The molecule has 0 saturated carbocycles. The molecular formula is C13H17BrN2O2S. The van der Waals surface area contributed by atoms with E-state index in [9.17, 15) is 4.79 Å². The maximum Gasteiger partial charge on any atom is 0.252 e. The molecule has 0 spiro atoms. The van der Waals surface area contributed by atoms with Crippen molar-refractivity contribution in [3.05, 3.63) is 20.8 Å². The van der Waals surface area contributed by atoms with E-state index in [-0.39, 0.29) is 12.0 Å². The monoisotopic (exact) mass is 344 g/mol. The number of amides is 1. The van der Waals surface area contributed by atoms with E-state index in [1.54, 1.807) is 0 Å². The molecule has 2 aliphatic rings. The Balaban J connectivity index is 1.48. The van der Waals surface area contributed by atoms with Crippen LogP contribution in [-0.4, -0.2) is 49.2 Å². The van der Waals surface area contributed by atoms with Gasteiger partial charge in [0.15, 0.2) is 0 Å². The summed E-state index contributed by atoms with van der Waals surface area (Å²) in [4.78, 5) is 14.4. The summed E-state index contributed by atoms with van der Waals surface area (Å²) < 4.78 is 6.80. The van der Waals surface area contributed by atoms with Crippen molar-refractivity contribution in [1.82, 2.24) is 10.2 Å². The minimum atomic E-state index is -0.0194. The van der Waals surface area contributed by atoms with Gasteiger partial charge in [0.2, 0.25) is 0 Å². The molecular weight excluding hydrogens is 328 g/mol. The lowest BCUT2D eigenvalue weighted by Gasteiger charge is -2.35. The summed E-state index contributed by atoms with van der Waals surface area (Å²) in [5.74, 6) is -0.0194. The first-order valence-electron chi connectivity index (χ1n) is 6.60. The van der Waals surface area contributed by atoms with Crippen LogP contribution in [-0.2, 0) is 4.74 Å². The van der Waals surface area contributed by atoms with Gasteiger partial charge in [-0.15, -0.1) is 11.3 Å². The molecule has 1 aromatic heterocycles. The van der Waals surface area contributed by atoms with Crippen LogP contribution in [0.15, 0.2) is 15.2 Å². The highest BCUT2D eigenvalue weighted by molar-refractivity contribution is 9.11. The second-order valence-corrected chi connectivity index (χ2v) is 7.39. The number of ether oxygens (including phenoxy) is 1. The van der Waals surface area contributed by atoms with Crippen molar-refractivity contribution < 1.29 is 9.53 Å².